The summed E-state index contributed by atoms with van der Waals surface area (Å²) in [5.74, 6) is 0.208. The lowest BCUT2D eigenvalue weighted by Gasteiger charge is -2.10. The molecular formula is C12H13FN2O2. The summed E-state index contributed by atoms with van der Waals surface area (Å²) in [6, 6.07) is 4.64. The number of ether oxygens (including phenoxy) is 1. The van der Waals surface area contributed by atoms with Gasteiger partial charge in [-0.2, -0.15) is 0 Å². The maximum absolute atomic E-state index is 13.7. The Balaban J connectivity index is 2.30. The van der Waals surface area contributed by atoms with Crippen molar-refractivity contribution in [1.82, 2.24) is 4.98 Å². The van der Waals surface area contributed by atoms with Crippen molar-refractivity contribution >= 4 is 6.01 Å². The predicted octanol–water partition coefficient (Wildman–Crippen LogP) is 2.85. The highest BCUT2D eigenvalue weighted by molar-refractivity contribution is 5.58. The minimum absolute atomic E-state index is 0.0583. The minimum atomic E-state index is -0.439. The Labute approximate surface area is 98.2 Å². The van der Waals surface area contributed by atoms with E-state index in [1.165, 1.54) is 12.3 Å². The Hall–Kier alpha value is -2.04. The lowest BCUT2D eigenvalue weighted by Crippen LogP contribution is -2.06. The molecule has 2 rings (SSSR count). The van der Waals surface area contributed by atoms with E-state index >= 15 is 0 Å². The molecule has 2 N–H and O–H groups in total. The molecule has 0 radical (unpaired) electrons. The first kappa shape index (κ1) is 11.4. The van der Waals surface area contributed by atoms with Crippen molar-refractivity contribution in [3.63, 3.8) is 0 Å². The molecule has 90 valence electrons. The standard InChI is InChI=1S/C12H13FN2O2/c1-7(2)16-10-4-3-8(5-9(10)13)11-6-15-12(14)17-11/h3-7H,1-2H3,(H2,14,15). The average Bonchev–Trinajstić information content (AvgIpc) is 2.67. The SMILES string of the molecule is CC(C)Oc1ccc(-c2cnc(N)o2)cc1F. The summed E-state index contributed by atoms with van der Waals surface area (Å²) in [6.07, 6.45) is 1.38. The number of benzene rings is 1. The van der Waals surface area contributed by atoms with Gasteiger partial charge >= 0.3 is 0 Å². The van der Waals surface area contributed by atoms with E-state index in [2.05, 4.69) is 4.98 Å². The number of anilines is 1. The second-order valence-corrected chi connectivity index (χ2v) is 3.87. The molecule has 1 heterocycles. The van der Waals surface area contributed by atoms with Crippen LogP contribution in [0.5, 0.6) is 5.75 Å². The van der Waals surface area contributed by atoms with Crippen LogP contribution in [0, 0.1) is 5.82 Å². The monoisotopic (exact) mass is 236 g/mol. The number of nitrogens with two attached hydrogens (primary N) is 1. The van der Waals surface area contributed by atoms with Crippen LogP contribution >= 0.6 is 0 Å². The smallest absolute Gasteiger partial charge is 0.292 e. The third-order valence-corrected chi connectivity index (χ3v) is 2.10. The second kappa shape index (κ2) is 4.45. The van der Waals surface area contributed by atoms with E-state index in [9.17, 15) is 4.39 Å². The van der Waals surface area contributed by atoms with Crippen molar-refractivity contribution in [3.05, 3.63) is 30.2 Å². The summed E-state index contributed by atoms with van der Waals surface area (Å²) in [6.45, 7) is 3.68. The zero-order valence-corrected chi connectivity index (χ0v) is 9.61. The van der Waals surface area contributed by atoms with Gasteiger partial charge in [0.05, 0.1) is 12.3 Å². The molecule has 4 nitrogen and oxygen atoms in total. The summed E-state index contributed by atoms with van der Waals surface area (Å²) < 4.78 is 24.1. The Kier molecular flexibility index (Phi) is 2.99. The molecule has 0 saturated heterocycles. The number of hydrogen-bond acceptors (Lipinski definition) is 4. The highest BCUT2D eigenvalue weighted by atomic mass is 19.1. The maximum Gasteiger partial charge on any atom is 0.292 e. The zero-order valence-electron chi connectivity index (χ0n) is 9.61. The Morgan fingerprint density at radius 2 is 2.18 bits per heavy atom. The molecule has 17 heavy (non-hydrogen) atoms. The van der Waals surface area contributed by atoms with Crippen LogP contribution in [0.25, 0.3) is 11.3 Å². The summed E-state index contributed by atoms with van der Waals surface area (Å²) >= 11 is 0. The molecule has 5 heteroatoms. The number of nitrogen functional groups attached to an aromatic ring is 1. The second-order valence-electron chi connectivity index (χ2n) is 3.87. The van der Waals surface area contributed by atoms with Crippen molar-refractivity contribution in [2.24, 2.45) is 0 Å². The van der Waals surface area contributed by atoms with Crippen LogP contribution in [0.1, 0.15) is 13.8 Å². The van der Waals surface area contributed by atoms with Crippen LogP contribution in [0.15, 0.2) is 28.8 Å². The van der Waals surface area contributed by atoms with Gasteiger partial charge in [0.1, 0.15) is 0 Å². The summed E-state index contributed by atoms with van der Waals surface area (Å²) in [5, 5.41) is 0. The third kappa shape index (κ3) is 2.55. The van der Waals surface area contributed by atoms with Gasteiger partial charge in [-0.05, 0) is 32.0 Å². The first-order valence-electron chi connectivity index (χ1n) is 5.24. The average molecular weight is 236 g/mol. The van der Waals surface area contributed by atoms with Gasteiger partial charge in [-0.3, -0.25) is 0 Å². The Morgan fingerprint density at radius 1 is 1.41 bits per heavy atom. The molecule has 0 atom stereocenters. The van der Waals surface area contributed by atoms with E-state index in [1.807, 2.05) is 13.8 Å². The molecule has 0 aliphatic rings. The van der Waals surface area contributed by atoms with E-state index in [0.717, 1.165) is 0 Å². The van der Waals surface area contributed by atoms with E-state index in [1.54, 1.807) is 12.1 Å². The van der Waals surface area contributed by atoms with Crippen molar-refractivity contribution in [1.29, 1.82) is 0 Å². The fraction of sp³-hybridized carbons (Fsp3) is 0.250. The summed E-state index contributed by atoms with van der Waals surface area (Å²) in [7, 11) is 0. The Morgan fingerprint density at radius 3 is 2.71 bits per heavy atom. The normalized spacial score (nSPS) is 10.8. The van der Waals surface area contributed by atoms with Crippen molar-refractivity contribution in [2.45, 2.75) is 20.0 Å². The van der Waals surface area contributed by atoms with E-state index in [4.69, 9.17) is 14.9 Å². The molecule has 1 aromatic carbocycles. The molecule has 0 spiro atoms. The number of nitrogens with zero attached hydrogens (tertiary/aromatic N) is 1. The van der Waals surface area contributed by atoms with Gasteiger partial charge in [0.15, 0.2) is 17.3 Å². The fourth-order valence-corrected chi connectivity index (χ4v) is 1.42. The number of hydrogen-bond donors (Lipinski definition) is 1. The number of oxazole rings is 1. The van der Waals surface area contributed by atoms with Gasteiger partial charge in [0.25, 0.3) is 6.01 Å². The lowest BCUT2D eigenvalue weighted by atomic mass is 10.2. The quantitative estimate of drug-likeness (QED) is 0.890. The highest BCUT2D eigenvalue weighted by Gasteiger charge is 2.10. The zero-order chi connectivity index (χ0) is 12.4. The molecule has 0 saturated carbocycles. The third-order valence-electron chi connectivity index (χ3n) is 2.10. The molecule has 0 bridgehead atoms. The fourth-order valence-electron chi connectivity index (χ4n) is 1.42. The summed E-state index contributed by atoms with van der Waals surface area (Å²) in [4.78, 5) is 3.75. The largest absolute Gasteiger partial charge is 0.488 e. The van der Waals surface area contributed by atoms with Crippen LogP contribution in [-0.4, -0.2) is 11.1 Å². The first-order valence-corrected chi connectivity index (χ1v) is 5.24. The molecule has 0 amide bonds. The molecule has 0 fully saturated rings. The van der Waals surface area contributed by atoms with E-state index < -0.39 is 5.82 Å². The van der Waals surface area contributed by atoms with Crippen molar-refractivity contribution in [2.75, 3.05) is 5.73 Å². The molecule has 0 aliphatic carbocycles. The number of rotatable bonds is 3. The van der Waals surface area contributed by atoms with Gasteiger partial charge in [-0.25, -0.2) is 9.37 Å². The van der Waals surface area contributed by atoms with E-state index in [-0.39, 0.29) is 17.9 Å². The van der Waals surface area contributed by atoms with Crippen molar-refractivity contribution < 1.29 is 13.5 Å². The number of halogens is 1. The van der Waals surface area contributed by atoms with Gasteiger partial charge < -0.3 is 14.9 Å². The summed E-state index contributed by atoms with van der Waals surface area (Å²) in [5.41, 5.74) is 5.93. The molecule has 0 unspecified atom stereocenters. The topological polar surface area (TPSA) is 61.3 Å². The van der Waals surface area contributed by atoms with Crippen LogP contribution < -0.4 is 10.5 Å². The molecule has 0 aliphatic heterocycles. The number of aromatic nitrogens is 1. The van der Waals surface area contributed by atoms with Crippen LogP contribution in [0.2, 0.25) is 0 Å². The van der Waals surface area contributed by atoms with Gasteiger partial charge in [0, 0.05) is 5.56 Å². The molecule has 2 aromatic rings. The minimum Gasteiger partial charge on any atom is -0.488 e. The first-order chi connectivity index (χ1) is 8.06. The van der Waals surface area contributed by atoms with Crippen LogP contribution in [0.3, 0.4) is 0 Å². The maximum atomic E-state index is 13.7. The van der Waals surface area contributed by atoms with Crippen LogP contribution in [-0.2, 0) is 0 Å². The highest BCUT2D eigenvalue weighted by Crippen LogP contribution is 2.27. The predicted molar refractivity (Wildman–Crippen MR) is 62.1 cm³/mol. The van der Waals surface area contributed by atoms with Gasteiger partial charge in [0.2, 0.25) is 0 Å². The molecule has 1 aromatic heterocycles. The van der Waals surface area contributed by atoms with Crippen LogP contribution in [0.4, 0.5) is 10.4 Å². The van der Waals surface area contributed by atoms with Gasteiger partial charge in [-0.15, -0.1) is 0 Å². The lowest BCUT2D eigenvalue weighted by molar-refractivity contribution is 0.231. The van der Waals surface area contributed by atoms with E-state index in [0.29, 0.717) is 11.3 Å². The van der Waals surface area contributed by atoms with Crippen molar-refractivity contribution in [3.8, 4) is 17.1 Å². The Bertz CT molecular complexity index is 523. The van der Waals surface area contributed by atoms with Gasteiger partial charge in [-0.1, -0.05) is 0 Å². The molecular weight excluding hydrogens is 223 g/mol.